The van der Waals surface area contributed by atoms with Gasteiger partial charge < -0.3 is 15.0 Å². The molecule has 1 aliphatic rings. The number of aromatic nitrogens is 1. The van der Waals surface area contributed by atoms with E-state index in [4.69, 9.17) is 0 Å². The number of aromatic hydroxyl groups is 1. The lowest BCUT2D eigenvalue weighted by atomic mass is 10.0. The molecule has 0 saturated carbocycles. The minimum absolute atomic E-state index is 0. The van der Waals surface area contributed by atoms with Gasteiger partial charge in [-0.05, 0) is 44.1 Å². The van der Waals surface area contributed by atoms with E-state index in [0.717, 1.165) is 41.5 Å². The van der Waals surface area contributed by atoms with Crippen LogP contribution in [0.1, 0.15) is 19.4 Å². The maximum Gasteiger partial charge on any atom is 0.266 e. The molecule has 1 aliphatic heterocycles. The van der Waals surface area contributed by atoms with Gasteiger partial charge >= 0.3 is 0 Å². The molecule has 5 nitrogen and oxygen atoms in total. The van der Waals surface area contributed by atoms with Gasteiger partial charge in [-0.15, -0.1) is 11.3 Å². The molecule has 0 bridgehead atoms. The summed E-state index contributed by atoms with van der Waals surface area (Å²) in [5, 5.41) is 14.1. The molecule has 0 aliphatic carbocycles. The number of pyridine rings is 1. The molecule has 27 heavy (non-hydrogen) atoms. The molecular formula is C21H27N3O2S. The third kappa shape index (κ3) is 3.65. The van der Waals surface area contributed by atoms with Crippen molar-refractivity contribution in [3.8, 4) is 5.75 Å². The number of nitrogens with zero attached hydrogens (tertiary/aromatic N) is 2. The third-order valence-corrected chi connectivity index (χ3v) is 6.15. The number of fused-ring (bicyclic) bond motifs is 3. The fourth-order valence-electron chi connectivity index (χ4n) is 3.75. The predicted octanol–water partition coefficient (Wildman–Crippen LogP) is 3.73. The number of aromatic amines is 1. The highest BCUT2D eigenvalue weighted by atomic mass is 32.1. The van der Waals surface area contributed by atoms with E-state index in [-0.39, 0.29) is 18.7 Å². The second kappa shape index (κ2) is 7.84. The molecule has 4 rings (SSSR count). The molecule has 6 heteroatoms. The van der Waals surface area contributed by atoms with Gasteiger partial charge in [0.1, 0.15) is 10.4 Å². The largest absolute Gasteiger partial charge is 0.507 e. The summed E-state index contributed by atoms with van der Waals surface area (Å²) in [7, 11) is 4.26. The lowest BCUT2D eigenvalue weighted by Crippen LogP contribution is -2.31. The molecule has 1 atom stereocenters. The SMILES string of the molecule is C.CN(C)C1CCN(C/C=C/c2c(O)ccc3[nH]c(=O)c4sccc4c23)C1. The van der Waals surface area contributed by atoms with Crippen molar-refractivity contribution >= 4 is 38.4 Å². The van der Waals surface area contributed by atoms with Crippen LogP contribution in [0.3, 0.4) is 0 Å². The van der Waals surface area contributed by atoms with E-state index in [2.05, 4.69) is 35.0 Å². The molecule has 0 radical (unpaired) electrons. The second-order valence-electron chi connectivity index (χ2n) is 7.11. The Morgan fingerprint density at radius 3 is 2.93 bits per heavy atom. The molecule has 2 aromatic heterocycles. The van der Waals surface area contributed by atoms with Crippen LogP contribution in [0.5, 0.6) is 5.75 Å². The lowest BCUT2D eigenvalue weighted by Gasteiger charge is -2.19. The fourth-order valence-corrected chi connectivity index (χ4v) is 4.55. The van der Waals surface area contributed by atoms with Crippen LogP contribution in [0.15, 0.2) is 34.4 Å². The Kier molecular flexibility index (Phi) is 5.69. The highest BCUT2D eigenvalue weighted by molar-refractivity contribution is 7.17. The van der Waals surface area contributed by atoms with Crippen molar-refractivity contribution in [3.05, 3.63) is 45.6 Å². The normalized spacial score (nSPS) is 18.1. The van der Waals surface area contributed by atoms with Gasteiger partial charge in [0.05, 0.1) is 0 Å². The minimum Gasteiger partial charge on any atom is -0.507 e. The summed E-state index contributed by atoms with van der Waals surface area (Å²) in [4.78, 5) is 19.8. The van der Waals surface area contributed by atoms with Crippen LogP contribution in [0.2, 0.25) is 0 Å². The standard InChI is InChI=1S/C20H23N3O2S.CH4/c1-22(2)13-7-10-23(12-13)9-3-4-14-17(24)6-5-16-18(14)15-8-11-26-19(15)20(25)21-16;/h3-6,8,11,13,24H,7,9-10,12H2,1-2H3,(H,21,25);1H4/b4-3+;. The highest BCUT2D eigenvalue weighted by Crippen LogP contribution is 2.33. The molecule has 0 amide bonds. The quantitative estimate of drug-likeness (QED) is 0.718. The third-order valence-electron chi connectivity index (χ3n) is 5.24. The average Bonchev–Trinajstić information content (AvgIpc) is 3.27. The van der Waals surface area contributed by atoms with Gasteiger partial charge in [0, 0.05) is 47.5 Å². The first-order valence-electron chi connectivity index (χ1n) is 8.85. The van der Waals surface area contributed by atoms with Crippen molar-refractivity contribution < 1.29 is 5.11 Å². The van der Waals surface area contributed by atoms with Gasteiger partial charge in [0.25, 0.3) is 5.56 Å². The van der Waals surface area contributed by atoms with Crippen LogP contribution in [0.4, 0.5) is 0 Å². The highest BCUT2D eigenvalue weighted by Gasteiger charge is 2.22. The van der Waals surface area contributed by atoms with Gasteiger partial charge in [-0.1, -0.05) is 19.6 Å². The second-order valence-corrected chi connectivity index (χ2v) is 8.02. The number of nitrogens with one attached hydrogen (secondary N) is 1. The molecular weight excluding hydrogens is 358 g/mol. The molecule has 1 aromatic carbocycles. The van der Waals surface area contributed by atoms with Crippen LogP contribution in [0.25, 0.3) is 27.1 Å². The van der Waals surface area contributed by atoms with Gasteiger partial charge in [0.15, 0.2) is 0 Å². The lowest BCUT2D eigenvalue weighted by molar-refractivity contribution is 0.280. The average molecular weight is 386 g/mol. The van der Waals surface area contributed by atoms with Crippen molar-refractivity contribution in [1.82, 2.24) is 14.8 Å². The van der Waals surface area contributed by atoms with Gasteiger partial charge in [-0.25, -0.2) is 0 Å². The molecule has 144 valence electrons. The van der Waals surface area contributed by atoms with E-state index < -0.39 is 0 Å². The van der Waals surface area contributed by atoms with Crippen LogP contribution < -0.4 is 5.56 Å². The van der Waals surface area contributed by atoms with E-state index in [9.17, 15) is 9.90 Å². The number of thiophene rings is 1. The van der Waals surface area contributed by atoms with E-state index in [0.29, 0.717) is 10.7 Å². The van der Waals surface area contributed by atoms with E-state index in [1.54, 1.807) is 12.1 Å². The maximum absolute atomic E-state index is 12.2. The van der Waals surface area contributed by atoms with Crippen molar-refractivity contribution in [2.75, 3.05) is 33.7 Å². The number of hydrogen-bond donors (Lipinski definition) is 2. The summed E-state index contributed by atoms with van der Waals surface area (Å²) in [6.07, 6.45) is 5.28. The minimum atomic E-state index is -0.0742. The Morgan fingerprint density at radius 2 is 2.19 bits per heavy atom. The Hall–Kier alpha value is -2.15. The Bertz CT molecular complexity index is 1040. The van der Waals surface area contributed by atoms with Crippen LogP contribution in [-0.4, -0.2) is 59.7 Å². The van der Waals surface area contributed by atoms with Crippen molar-refractivity contribution in [3.63, 3.8) is 0 Å². The summed E-state index contributed by atoms with van der Waals surface area (Å²) in [5.74, 6) is 0.237. The monoisotopic (exact) mass is 385 g/mol. The van der Waals surface area contributed by atoms with Crippen molar-refractivity contribution in [2.45, 2.75) is 19.9 Å². The number of hydrogen-bond acceptors (Lipinski definition) is 5. The molecule has 3 heterocycles. The number of phenols is 1. The number of benzene rings is 1. The van der Waals surface area contributed by atoms with Gasteiger partial charge in [-0.3, -0.25) is 9.69 Å². The van der Waals surface area contributed by atoms with E-state index >= 15 is 0 Å². The fraction of sp³-hybridized carbons (Fsp3) is 0.381. The number of likely N-dealkylation sites (tertiary alicyclic amines) is 1. The summed E-state index contributed by atoms with van der Waals surface area (Å²) >= 11 is 1.43. The Balaban J connectivity index is 0.00000210. The van der Waals surface area contributed by atoms with E-state index in [1.165, 1.54) is 17.8 Å². The zero-order chi connectivity index (χ0) is 18.3. The molecule has 2 N–H and O–H groups in total. The maximum atomic E-state index is 12.2. The molecule has 0 spiro atoms. The van der Waals surface area contributed by atoms with Crippen molar-refractivity contribution in [2.24, 2.45) is 0 Å². The number of H-pyrrole nitrogens is 1. The number of likely N-dealkylation sites (N-methyl/N-ethyl adjacent to an activating group) is 1. The van der Waals surface area contributed by atoms with Crippen LogP contribution in [-0.2, 0) is 0 Å². The topological polar surface area (TPSA) is 59.6 Å². The summed E-state index contributed by atoms with van der Waals surface area (Å²) in [6, 6.07) is 5.98. The molecule has 1 saturated heterocycles. The molecule has 1 fully saturated rings. The van der Waals surface area contributed by atoms with Gasteiger partial charge in [-0.2, -0.15) is 0 Å². The summed E-state index contributed by atoms with van der Waals surface area (Å²) in [6.45, 7) is 3.02. The molecule has 1 unspecified atom stereocenters. The zero-order valence-electron chi connectivity index (χ0n) is 15.0. The first-order chi connectivity index (χ1) is 12.5. The smallest absolute Gasteiger partial charge is 0.266 e. The predicted molar refractivity (Wildman–Crippen MR) is 116 cm³/mol. The zero-order valence-corrected chi connectivity index (χ0v) is 15.8. The Labute approximate surface area is 163 Å². The van der Waals surface area contributed by atoms with Gasteiger partial charge in [0.2, 0.25) is 0 Å². The van der Waals surface area contributed by atoms with Crippen molar-refractivity contribution in [1.29, 1.82) is 0 Å². The molecule has 3 aromatic rings. The first-order valence-corrected chi connectivity index (χ1v) is 9.73. The first kappa shape index (κ1) is 19.6. The number of phenolic OH excluding ortho intramolecular Hbond substituents is 1. The van der Waals surface area contributed by atoms with E-state index in [1.807, 2.05) is 17.5 Å². The summed E-state index contributed by atoms with van der Waals surface area (Å²) in [5.41, 5.74) is 1.45. The Morgan fingerprint density at radius 1 is 1.37 bits per heavy atom. The van der Waals surface area contributed by atoms with Crippen LogP contribution >= 0.6 is 11.3 Å². The number of rotatable bonds is 4. The summed E-state index contributed by atoms with van der Waals surface area (Å²) < 4.78 is 0.700. The van der Waals surface area contributed by atoms with Crippen LogP contribution in [0, 0.1) is 0 Å².